The van der Waals surface area contributed by atoms with Gasteiger partial charge in [0.25, 0.3) is 0 Å². The number of benzene rings is 1. The summed E-state index contributed by atoms with van der Waals surface area (Å²) in [6, 6.07) is 4.50. The van der Waals surface area contributed by atoms with E-state index in [1.54, 1.807) is 12.1 Å². The zero-order valence-electron chi connectivity index (χ0n) is 11.8. The first-order valence-electron chi connectivity index (χ1n) is 7.06. The van der Waals surface area contributed by atoms with Crippen LogP contribution in [0.4, 0.5) is 10.1 Å². The second-order valence-corrected chi connectivity index (χ2v) is 5.00. The number of anilines is 1. The number of rotatable bonds is 4. The summed E-state index contributed by atoms with van der Waals surface area (Å²) in [7, 11) is 1.42. The molecule has 0 atom stereocenters. The van der Waals surface area contributed by atoms with E-state index in [0.29, 0.717) is 5.69 Å². The highest BCUT2D eigenvalue weighted by Gasteiger charge is 2.15. The lowest BCUT2D eigenvalue weighted by atomic mass is 10.2. The van der Waals surface area contributed by atoms with Crippen molar-refractivity contribution in [3.05, 3.63) is 24.0 Å². The molecule has 1 aliphatic heterocycles. The Kier molecular flexibility index (Phi) is 5.21. The zero-order chi connectivity index (χ0) is 14.4. The highest BCUT2D eigenvalue weighted by molar-refractivity contribution is 5.81. The molecule has 0 aromatic heterocycles. The molecular formula is C15H21FN2O2. The van der Waals surface area contributed by atoms with Gasteiger partial charge in [-0.3, -0.25) is 4.79 Å². The molecule has 2 rings (SSSR count). The van der Waals surface area contributed by atoms with Crippen LogP contribution in [0.25, 0.3) is 0 Å². The van der Waals surface area contributed by atoms with E-state index in [2.05, 4.69) is 5.32 Å². The van der Waals surface area contributed by atoms with E-state index in [1.807, 2.05) is 4.90 Å². The summed E-state index contributed by atoms with van der Waals surface area (Å²) < 4.78 is 18.2. The Morgan fingerprint density at radius 2 is 2.00 bits per heavy atom. The summed E-state index contributed by atoms with van der Waals surface area (Å²) in [4.78, 5) is 14.0. The van der Waals surface area contributed by atoms with Gasteiger partial charge in [-0.15, -0.1) is 0 Å². The number of carbonyl (C=O) groups excluding carboxylic acids is 1. The smallest absolute Gasteiger partial charge is 0.241 e. The quantitative estimate of drug-likeness (QED) is 0.922. The predicted molar refractivity (Wildman–Crippen MR) is 76.5 cm³/mol. The number of nitrogens with zero attached hydrogens (tertiary/aromatic N) is 1. The van der Waals surface area contributed by atoms with Gasteiger partial charge in [0.05, 0.1) is 13.7 Å². The SMILES string of the molecule is COc1cc(NCC(=O)N2CCCCCC2)ccc1F. The summed E-state index contributed by atoms with van der Waals surface area (Å²) >= 11 is 0. The van der Waals surface area contributed by atoms with Crippen molar-refractivity contribution in [2.24, 2.45) is 0 Å². The Morgan fingerprint density at radius 3 is 2.65 bits per heavy atom. The van der Waals surface area contributed by atoms with Crippen LogP contribution >= 0.6 is 0 Å². The fourth-order valence-corrected chi connectivity index (χ4v) is 2.38. The molecule has 20 heavy (non-hydrogen) atoms. The molecule has 110 valence electrons. The second-order valence-electron chi connectivity index (χ2n) is 5.00. The molecule has 1 aromatic carbocycles. The third-order valence-electron chi connectivity index (χ3n) is 3.55. The molecule has 4 nitrogen and oxygen atoms in total. The molecule has 1 N–H and O–H groups in total. The van der Waals surface area contributed by atoms with Crippen LogP contribution in [0.5, 0.6) is 5.75 Å². The number of ether oxygens (including phenoxy) is 1. The van der Waals surface area contributed by atoms with Gasteiger partial charge in [0.1, 0.15) is 0 Å². The van der Waals surface area contributed by atoms with E-state index in [-0.39, 0.29) is 18.2 Å². The molecule has 1 aliphatic rings. The summed E-state index contributed by atoms with van der Waals surface area (Å²) in [6.45, 7) is 1.91. The third kappa shape index (κ3) is 3.85. The van der Waals surface area contributed by atoms with Gasteiger partial charge in [-0.1, -0.05) is 12.8 Å². The van der Waals surface area contributed by atoms with Crippen LogP contribution in [0, 0.1) is 5.82 Å². The topological polar surface area (TPSA) is 41.6 Å². The van der Waals surface area contributed by atoms with E-state index in [9.17, 15) is 9.18 Å². The van der Waals surface area contributed by atoms with Gasteiger partial charge < -0.3 is 15.0 Å². The summed E-state index contributed by atoms with van der Waals surface area (Å²) in [5, 5.41) is 3.03. The summed E-state index contributed by atoms with van der Waals surface area (Å²) in [5.41, 5.74) is 0.687. The summed E-state index contributed by atoms with van der Waals surface area (Å²) in [6.07, 6.45) is 4.56. The van der Waals surface area contributed by atoms with Crippen molar-refractivity contribution in [2.45, 2.75) is 25.7 Å². The van der Waals surface area contributed by atoms with Crippen LogP contribution in [0.2, 0.25) is 0 Å². The number of methoxy groups -OCH3 is 1. The molecule has 1 saturated heterocycles. The fourth-order valence-electron chi connectivity index (χ4n) is 2.38. The minimum atomic E-state index is -0.406. The second kappa shape index (κ2) is 7.12. The normalized spacial score (nSPS) is 15.6. The maximum Gasteiger partial charge on any atom is 0.241 e. The van der Waals surface area contributed by atoms with Crippen LogP contribution in [-0.4, -0.2) is 37.6 Å². The lowest BCUT2D eigenvalue weighted by molar-refractivity contribution is -0.129. The number of hydrogen-bond donors (Lipinski definition) is 1. The van der Waals surface area contributed by atoms with E-state index < -0.39 is 5.82 Å². The predicted octanol–water partition coefficient (Wildman–Crippen LogP) is 2.65. The molecule has 1 heterocycles. The number of nitrogens with one attached hydrogen (secondary N) is 1. The minimum absolute atomic E-state index is 0.0928. The van der Waals surface area contributed by atoms with Crippen LogP contribution in [-0.2, 0) is 4.79 Å². The fraction of sp³-hybridized carbons (Fsp3) is 0.533. The maximum absolute atomic E-state index is 13.3. The van der Waals surface area contributed by atoms with Crippen molar-refractivity contribution in [3.8, 4) is 5.75 Å². The lowest BCUT2D eigenvalue weighted by Crippen LogP contribution is -2.36. The third-order valence-corrected chi connectivity index (χ3v) is 3.55. The van der Waals surface area contributed by atoms with Crippen LogP contribution < -0.4 is 10.1 Å². The zero-order valence-corrected chi connectivity index (χ0v) is 11.8. The number of likely N-dealkylation sites (tertiary alicyclic amines) is 1. The highest BCUT2D eigenvalue weighted by Crippen LogP contribution is 2.21. The first-order valence-corrected chi connectivity index (χ1v) is 7.06. The van der Waals surface area contributed by atoms with Crippen molar-refractivity contribution in [1.82, 2.24) is 4.90 Å². The van der Waals surface area contributed by atoms with Gasteiger partial charge in [0.2, 0.25) is 5.91 Å². The number of hydrogen-bond acceptors (Lipinski definition) is 3. The van der Waals surface area contributed by atoms with Crippen molar-refractivity contribution in [2.75, 3.05) is 32.1 Å². The Hall–Kier alpha value is -1.78. The Morgan fingerprint density at radius 1 is 1.30 bits per heavy atom. The van der Waals surface area contributed by atoms with E-state index in [0.717, 1.165) is 25.9 Å². The number of amides is 1. The Labute approximate surface area is 118 Å². The first-order chi connectivity index (χ1) is 9.70. The monoisotopic (exact) mass is 280 g/mol. The van der Waals surface area contributed by atoms with Crippen LogP contribution in [0.3, 0.4) is 0 Å². The van der Waals surface area contributed by atoms with Crippen molar-refractivity contribution >= 4 is 11.6 Å². The van der Waals surface area contributed by atoms with E-state index in [4.69, 9.17) is 4.74 Å². The van der Waals surface area contributed by atoms with Gasteiger partial charge >= 0.3 is 0 Å². The molecule has 1 fully saturated rings. The average Bonchev–Trinajstić information content (AvgIpc) is 2.75. The first kappa shape index (κ1) is 14.6. The average molecular weight is 280 g/mol. The van der Waals surface area contributed by atoms with Crippen molar-refractivity contribution in [1.29, 1.82) is 0 Å². The molecule has 0 spiro atoms. The van der Waals surface area contributed by atoms with Gasteiger partial charge in [0, 0.05) is 24.8 Å². The van der Waals surface area contributed by atoms with E-state index >= 15 is 0 Å². The summed E-state index contributed by atoms with van der Waals surface area (Å²) in [5.74, 6) is -0.135. The van der Waals surface area contributed by atoms with Crippen LogP contribution in [0.15, 0.2) is 18.2 Å². The largest absolute Gasteiger partial charge is 0.494 e. The minimum Gasteiger partial charge on any atom is -0.494 e. The van der Waals surface area contributed by atoms with Crippen molar-refractivity contribution in [3.63, 3.8) is 0 Å². The molecule has 0 aliphatic carbocycles. The van der Waals surface area contributed by atoms with E-state index in [1.165, 1.54) is 26.0 Å². The van der Waals surface area contributed by atoms with Gasteiger partial charge in [0.15, 0.2) is 11.6 Å². The molecule has 1 amide bonds. The maximum atomic E-state index is 13.3. The highest BCUT2D eigenvalue weighted by atomic mass is 19.1. The van der Waals surface area contributed by atoms with Gasteiger partial charge in [-0.25, -0.2) is 4.39 Å². The molecular weight excluding hydrogens is 259 g/mol. The number of carbonyl (C=O) groups is 1. The lowest BCUT2D eigenvalue weighted by Gasteiger charge is -2.20. The molecule has 1 aromatic rings. The molecule has 0 saturated carbocycles. The van der Waals surface area contributed by atoms with Crippen molar-refractivity contribution < 1.29 is 13.9 Å². The standard InChI is InChI=1S/C15H21FN2O2/c1-20-14-10-12(6-7-13(14)16)17-11-15(19)18-8-4-2-3-5-9-18/h6-7,10,17H,2-5,8-9,11H2,1H3. The molecule has 0 unspecified atom stereocenters. The van der Waals surface area contributed by atoms with Crippen LogP contribution in [0.1, 0.15) is 25.7 Å². The van der Waals surface area contributed by atoms with Gasteiger partial charge in [-0.2, -0.15) is 0 Å². The molecule has 0 radical (unpaired) electrons. The Balaban J connectivity index is 1.89. The number of halogens is 1. The molecule has 0 bridgehead atoms. The Bertz CT molecular complexity index is 457. The van der Waals surface area contributed by atoms with Gasteiger partial charge in [-0.05, 0) is 25.0 Å². The molecule has 5 heteroatoms.